The molecule has 19 heavy (non-hydrogen) atoms. The number of rotatable bonds is 3. The highest BCUT2D eigenvalue weighted by Crippen LogP contribution is 2.27. The van der Waals surface area contributed by atoms with Crippen molar-refractivity contribution in [3.8, 4) is 5.75 Å². The van der Waals surface area contributed by atoms with Crippen molar-refractivity contribution >= 4 is 17.3 Å². The maximum Gasteiger partial charge on any atom is 0.340 e. The van der Waals surface area contributed by atoms with E-state index < -0.39 is 11.0 Å². The Bertz CT molecular complexity index is 723. The highest BCUT2D eigenvalue weighted by molar-refractivity contribution is 5.89. The number of aldehydes is 1. The number of hydrogen-bond donors (Lipinski definition) is 1. The summed E-state index contributed by atoms with van der Waals surface area (Å²) in [5.74, 6) is -0.207. The van der Waals surface area contributed by atoms with Crippen molar-refractivity contribution < 1.29 is 14.3 Å². The molecule has 2 rings (SSSR count). The Morgan fingerprint density at radius 1 is 1.32 bits per heavy atom. The van der Waals surface area contributed by atoms with Crippen molar-refractivity contribution in [3.63, 3.8) is 0 Å². The second-order valence-electron chi connectivity index (χ2n) is 4.94. The molecule has 0 atom stereocenters. The number of carbonyl (C=O) groups excluding carboxylic acids is 1. The Balaban J connectivity index is 2.81. The summed E-state index contributed by atoms with van der Waals surface area (Å²) in [6.45, 7) is 7.39. The quantitative estimate of drug-likeness (QED) is 0.522. The molecular formula is C15H14O4. The molecule has 4 nitrogen and oxygen atoms in total. The van der Waals surface area contributed by atoms with Gasteiger partial charge in [-0.05, 0) is 12.1 Å². The molecule has 0 fully saturated rings. The van der Waals surface area contributed by atoms with E-state index in [1.807, 2.05) is 13.8 Å². The molecule has 2 aromatic rings. The number of fused-ring (bicyclic) bond motifs is 1. The van der Waals surface area contributed by atoms with E-state index in [1.165, 1.54) is 12.1 Å². The van der Waals surface area contributed by atoms with Crippen LogP contribution in [0.1, 0.15) is 29.8 Å². The van der Waals surface area contributed by atoms with Crippen LogP contribution in [-0.2, 0) is 5.41 Å². The van der Waals surface area contributed by atoms with Crippen molar-refractivity contribution in [2.75, 3.05) is 0 Å². The van der Waals surface area contributed by atoms with Crippen molar-refractivity contribution in [2.45, 2.75) is 19.3 Å². The molecule has 0 saturated heterocycles. The zero-order valence-corrected chi connectivity index (χ0v) is 10.8. The predicted molar refractivity (Wildman–Crippen MR) is 72.8 cm³/mol. The molecule has 0 unspecified atom stereocenters. The summed E-state index contributed by atoms with van der Waals surface area (Å²) in [6, 6.07) is 4.42. The molecule has 0 aliphatic heterocycles. The zero-order chi connectivity index (χ0) is 14.2. The molecule has 1 heterocycles. The number of aromatic hydroxyl groups is 1. The van der Waals surface area contributed by atoms with Crippen molar-refractivity contribution in [2.24, 2.45) is 0 Å². The Kier molecular flexibility index (Phi) is 3.02. The van der Waals surface area contributed by atoms with Gasteiger partial charge in [0.2, 0.25) is 0 Å². The van der Waals surface area contributed by atoms with Crippen molar-refractivity contribution in [3.05, 3.63) is 52.4 Å². The minimum Gasteiger partial charge on any atom is -0.507 e. The van der Waals surface area contributed by atoms with E-state index >= 15 is 0 Å². The molecule has 1 N–H and O–H groups in total. The minimum absolute atomic E-state index is 0.156. The fourth-order valence-electron chi connectivity index (χ4n) is 1.83. The summed E-state index contributed by atoms with van der Waals surface area (Å²) in [5, 5.41) is 10.2. The summed E-state index contributed by atoms with van der Waals surface area (Å²) < 4.78 is 5.18. The van der Waals surface area contributed by atoms with Crippen molar-refractivity contribution in [1.29, 1.82) is 0 Å². The molecule has 0 spiro atoms. The summed E-state index contributed by atoms with van der Waals surface area (Å²) in [5.41, 5.74) is -0.151. The molecule has 1 aromatic heterocycles. The van der Waals surface area contributed by atoms with Gasteiger partial charge >= 0.3 is 5.63 Å². The van der Waals surface area contributed by atoms with Crippen LogP contribution < -0.4 is 5.63 Å². The topological polar surface area (TPSA) is 67.5 Å². The maximum absolute atomic E-state index is 11.9. The normalized spacial score (nSPS) is 11.5. The number of phenolic OH excluding ortho intramolecular Hbond substituents is 1. The van der Waals surface area contributed by atoms with Gasteiger partial charge in [0.1, 0.15) is 11.3 Å². The summed E-state index contributed by atoms with van der Waals surface area (Å²) >= 11 is 0. The van der Waals surface area contributed by atoms with Crippen LogP contribution in [0.3, 0.4) is 0 Å². The van der Waals surface area contributed by atoms with E-state index in [-0.39, 0.29) is 16.9 Å². The van der Waals surface area contributed by atoms with Gasteiger partial charge in [0.15, 0.2) is 6.29 Å². The number of phenols is 1. The van der Waals surface area contributed by atoms with Crippen LogP contribution in [0, 0.1) is 0 Å². The predicted octanol–water partition coefficient (Wildman–Crippen LogP) is 2.77. The molecule has 0 radical (unpaired) electrons. The first-order valence-electron chi connectivity index (χ1n) is 5.79. The van der Waals surface area contributed by atoms with Gasteiger partial charge in [0, 0.05) is 22.4 Å². The molecular weight excluding hydrogens is 244 g/mol. The van der Waals surface area contributed by atoms with Crippen LogP contribution in [0.25, 0.3) is 11.0 Å². The van der Waals surface area contributed by atoms with Gasteiger partial charge in [-0.3, -0.25) is 4.79 Å². The fourth-order valence-corrected chi connectivity index (χ4v) is 1.83. The summed E-state index contributed by atoms with van der Waals surface area (Å²) in [4.78, 5) is 22.7. The highest BCUT2D eigenvalue weighted by atomic mass is 16.4. The third-order valence-electron chi connectivity index (χ3n) is 3.21. The summed E-state index contributed by atoms with van der Waals surface area (Å²) in [7, 11) is 0. The standard InChI is InChI=1S/C15H14O4/c1-4-15(2,3)11-6-9-5-10(8-16)12(17)7-13(9)19-14(11)18/h4-8,17H,1H2,2-3H3. The van der Waals surface area contributed by atoms with Crippen LogP contribution in [0.15, 0.2) is 40.1 Å². The second kappa shape index (κ2) is 4.39. The SMILES string of the molecule is C=CC(C)(C)c1cc2cc(C=O)c(O)cc2oc1=O. The number of benzene rings is 1. The molecule has 0 aliphatic rings. The molecule has 0 aliphatic carbocycles. The van der Waals surface area contributed by atoms with Crippen molar-refractivity contribution in [1.82, 2.24) is 0 Å². The Hall–Kier alpha value is -2.36. The molecule has 0 bridgehead atoms. The van der Waals surface area contributed by atoms with E-state index in [4.69, 9.17) is 4.42 Å². The summed E-state index contributed by atoms with van der Waals surface area (Å²) in [6.07, 6.45) is 2.21. The van der Waals surface area contributed by atoms with E-state index in [1.54, 1.807) is 12.1 Å². The first kappa shape index (κ1) is 13.1. The Labute approximate surface area is 110 Å². The van der Waals surface area contributed by atoms with Crippen LogP contribution in [0.2, 0.25) is 0 Å². The fraction of sp³-hybridized carbons (Fsp3) is 0.200. The first-order chi connectivity index (χ1) is 8.89. The lowest BCUT2D eigenvalue weighted by Crippen LogP contribution is -2.22. The zero-order valence-electron chi connectivity index (χ0n) is 10.8. The number of allylic oxidation sites excluding steroid dienone is 1. The Morgan fingerprint density at radius 2 is 2.00 bits per heavy atom. The molecule has 98 valence electrons. The van der Waals surface area contributed by atoms with Gasteiger partial charge in [-0.2, -0.15) is 0 Å². The third-order valence-corrected chi connectivity index (χ3v) is 3.21. The Morgan fingerprint density at radius 3 is 2.58 bits per heavy atom. The lowest BCUT2D eigenvalue weighted by Gasteiger charge is -2.18. The maximum atomic E-state index is 11.9. The first-order valence-corrected chi connectivity index (χ1v) is 5.79. The van der Waals surface area contributed by atoms with Crippen LogP contribution in [0.5, 0.6) is 5.75 Å². The van der Waals surface area contributed by atoms with E-state index in [2.05, 4.69) is 6.58 Å². The average Bonchev–Trinajstić information content (AvgIpc) is 2.37. The number of carbonyl (C=O) groups is 1. The monoisotopic (exact) mass is 258 g/mol. The molecule has 0 amide bonds. The smallest absolute Gasteiger partial charge is 0.340 e. The van der Waals surface area contributed by atoms with Gasteiger partial charge in [0.25, 0.3) is 0 Å². The van der Waals surface area contributed by atoms with Gasteiger partial charge in [-0.25, -0.2) is 4.79 Å². The van der Waals surface area contributed by atoms with E-state index in [9.17, 15) is 14.7 Å². The van der Waals surface area contributed by atoms with E-state index in [0.29, 0.717) is 17.2 Å². The number of hydrogen-bond acceptors (Lipinski definition) is 4. The van der Waals surface area contributed by atoms with Crippen LogP contribution in [0.4, 0.5) is 0 Å². The largest absolute Gasteiger partial charge is 0.507 e. The van der Waals surface area contributed by atoms with Gasteiger partial charge in [-0.1, -0.05) is 19.9 Å². The lowest BCUT2D eigenvalue weighted by atomic mass is 9.85. The van der Waals surface area contributed by atoms with E-state index in [0.717, 1.165) is 0 Å². The van der Waals surface area contributed by atoms with Gasteiger partial charge < -0.3 is 9.52 Å². The van der Waals surface area contributed by atoms with Crippen LogP contribution in [-0.4, -0.2) is 11.4 Å². The van der Waals surface area contributed by atoms with Crippen LogP contribution >= 0.6 is 0 Å². The van der Waals surface area contributed by atoms with Gasteiger partial charge in [0.05, 0.1) is 5.56 Å². The second-order valence-corrected chi connectivity index (χ2v) is 4.94. The van der Waals surface area contributed by atoms with Gasteiger partial charge in [-0.15, -0.1) is 6.58 Å². The highest BCUT2D eigenvalue weighted by Gasteiger charge is 2.22. The molecule has 4 heteroatoms. The lowest BCUT2D eigenvalue weighted by molar-refractivity contribution is 0.112. The average molecular weight is 258 g/mol. The molecule has 1 aromatic carbocycles. The minimum atomic E-state index is -0.534. The molecule has 0 saturated carbocycles. The third kappa shape index (κ3) is 2.17.